The van der Waals surface area contributed by atoms with Crippen molar-refractivity contribution in [1.82, 2.24) is 14.9 Å². The topological polar surface area (TPSA) is 53.5 Å². The van der Waals surface area contributed by atoms with E-state index in [1.54, 1.807) is 6.07 Å². The molecule has 3 aromatic rings. The first kappa shape index (κ1) is 20.6. The van der Waals surface area contributed by atoms with Crippen LogP contribution in [0.3, 0.4) is 0 Å². The Morgan fingerprint density at radius 3 is 2.58 bits per heavy atom. The van der Waals surface area contributed by atoms with Crippen molar-refractivity contribution >= 4 is 17.3 Å². The summed E-state index contributed by atoms with van der Waals surface area (Å²) in [6, 6.07) is 13.8. The number of halogens is 1. The fraction of sp³-hybridized carbons (Fsp3) is 0.385. The maximum Gasteiger partial charge on any atom is 0.227 e. The molecule has 0 unspecified atom stereocenters. The minimum Gasteiger partial charge on any atom is -0.381 e. The lowest BCUT2D eigenvalue weighted by atomic mass is 9.74. The van der Waals surface area contributed by atoms with Gasteiger partial charge in [0.1, 0.15) is 5.82 Å². The third kappa shape index (κ3) is 3.47. The molecule has 2 saturated heterocycles. The molecule has 170 valence electrons. The van der Waals surface area contributed by atoms with Crippen LogP contribution in [0.25, 0.3) is 11.1 Å². The summed E-state index contributed by atoms with van der Waals surface area (Å²) in [5.41, 5.74) is 5.84. The fourth-order valence-electron chi connectivity index (χ4n) is 5.51. The van der Waals surface area contributed by atoms with Crippen molar-refractivity contribution < 1.29 is 9.13 Å². The smallest absolute Gasteiger partial charge is 0.227 e. The van der Waals surface area contributed by atoms with E-state index in [1.807, 2.05) is 18.3 Å². The van der Waals surface area contributed by atoms with Crippen LogP contribution in [0.2, 0.25) is 0 Å². The quantitative estimate of drug-likeness (QED) is 0.653. The zero-order valence-electron chi connectivity index (χ0n) is 18.9. The number of hydrogen-bond donors (Lipinski definition) is 1. The lowest BCUT2D eigenvalue weighted by Gasteiger charge is -2.34. The summed E-state index contributed by atoms with van der Waals surface area (Å²) in [6.45, 7) is 5.00. The highest BCUT2D eigenvalue weighted by atomic mass is 19.1. The molecule has 33 heavy (non-hydrogen) atoms. The van der Waals surface area contributed by atoms with E-state index in [4.69, 9.17) is 9.72 Å². The third-order valence-corrected chi connectivity index (χ3v) is 7.37. The van der Waals surface area contributed by atoms with Crippen molar-refractivity contribution in [2.75, 3.05) is 56.7 Å². The average molecular weight is 446 g/mol. The van der Waals surface area contributed by atoms with Gasteiger partial charge in [-0.1, -0.05) is 24.3 Å². The van der Waals surface area contributed by atoms with Crippen molar-refractivity contribution in [1.29, 1.82) is 0 Å². The van der Waals surface area contributed by atoms with Crippen LogP contribution >= 0.6 is 0 Å². The van der Waals surface area contributed by atoms with Gasteiger partial charge in [0.15, 0.2) is 0 Å². The van der Waals surface area contributed by atoms with Crippen LogP contribution in [0, 0.1) is 5.82 Å². The van der Waals surface area contributed by atoms with Crippen LogP contribution in [0.5, 0.6) is 0 Å². The van der Waals surface area contributed by atoms with Crippen molar-refractivity contribution in [2.24, 2.45) is 0 Å². The Morgan fingerprint density at radius 2 is 1.79 bits per heavy atom. The molecule has 0 atom stereocenters. The molecule has 7 heteroatoms. The number of likely N-dealkylation sites (N-methyl/N-ethyl adjacent to an activating group) is 1. The predicted octanol–water partition coefficient (Wildman–Crippen LogP) is 4.19. The van der Waals surface area contributed by atoms with Crippen molar-refractivity contribution in [3.63, 3.8) is 0 Å². The summed E-state index contributed by atoms with van der Waals surface area (Å²) in [7, 11) is 2.10. The monoisotopic (exact) mass is 445 g/mol. The van der Waals surface area contributed by atoms with Crippen molar-refractivity contribution in [3.05, 3.63) is 65.7 Å². The Morgan fingerprint density at radius 1 is 1.00 bits per heavy atom. The molecule has 1 N–H and O–H groups in total. The lowest BCUT2D eigenvalue weighted by Crippen LogP contribution is -2.44. The summed E-state index contributed by atoms with van der Waals surface area (Å²) >= 11 is 0. The number of piperazine rings is 1. The van der Waals surface area contributed by atoms with E-state index < -0.39 is 0 Å². The second-order valence-corrected chi connectivity index (χ2v) is 9.28. The number of aromatic nitrogens is 2. The number of nitrogens with one attached hydrogen (secondary N) is 1. The zero-order valence-corrected chi connectivity index (χ0v) is 18.9. The van der Waals surface area contributed by atoms with E-state index in [9.17, 15) is 4.39 Å². The van der Waals surface area contributed by atoms with Crippen LogP contribution < -0.4 is 10.2 Å². The molecule has 2 fully saturated rings. The van der Waals surface area contributed by atoms with Crippen LogP contribution in [-0.2, 0) is 10.2 Å². The van der Waals surface area contributed by atoms with Crippen LogP contribution in [-0.4, -0.2) is 61.3 Å². The summed E-state index contributed by atoms with van der Waals surface area (Å²) < 4.78 is 20.7. The number of benzene rings is 2. The molecule has 2 aliphatic heterocycles. The number of fused-ring (bicyclic) bond motifs is 5. The maximum atomic E-state index is 15.0. The van der Waals surface area contributed by atoms with E-state index >= 15 is 0 Å². The summed E-state index contributed by atoms with van der Waals surface area (Å²) in [5, 5.41) is 3.24. The third-order valence-electron chi connectivity index (χ3n) is 7.37. The molecule has 0 saturated carbocycles. The molecule has 6 rings (SSSR count). The zero-order chi connectivity index (χ0) is 22.4. The van der Waals surface area contributed by atoms with E-state index in [0.29, 0.717) is 17.3 Å². The molecule has 3 heterocycles. The normalized spacial score (nSPS) is 19.4. The van der Waals surface area contributed by atoms with Gasteiger partial charge in [0.05, 0.1) is 11.4 Å². The molecule has 3 aliphatic rings. The van der Waals surface area contributed by atoms with Gasteiger partial charge in [-0.05, 0) is 49.2 Å². The Balaban J connectivity index is 1.30. The Bertz CT molecular complexity index is 1190. The number of hydrogen-bond acceptors (Lipinski definition) is 6. The Kier molecular flexibility index (Phi) is 5.03. The molecule has 0 amide bonds. The second kappa shape index (κ2) is 8.08. The van der Waals surface area contributed by atoms with Gasteiger partial charge in [-0.2, -0.15) is 0 Å². The molecular formula is C26H28FN5O. The fourth-order valence-corrected chi connectivity index (χ4v) is 5.51. The molecule has 1 spiro atoms. The van der Waals surface area contributed by atoms with Gasteiger partial charge in [-0.15, -0.1) is 0 Å². The summed E-state index contributed by atoms with van der Waals surface area (Å²) in [4.78, 5) is 13.9. The van der Waals surface area contributed by atoms with Gasteiger partial charge in [0.25, 0.3) is 0 Å². The van der Waals surface area contributed by atoms with Crippen LogP contribution in [0.4, 0.5) is 21.7 Å². The minimum absolute atomic E-state index is 0.139. The number of rotatable bonds is 3. The van der Waals surface area contributed by atoms with E-state index in [1.165, 1.54) is 11.1 Å². The number of nitrogens with zero attached hydrogens (tertiary/aromatic N) is 4. The van der Waals surface area contributed by atoms with Gasteiger partial charge >= 0.3 is 0 Å². The minimum atomic E-state index is -0.223. The SMILES string of the molecule is CN1CCN(c2ccc(Nc3ncc4c(n3)C3(CCOCC3)c3ccccc3-4)cc2F)CC1. The van der Waals surface area contributed by atoms with Crippen molar-refractivity contribution in [2.45, 2.75) is 18.3 Å². The van der Waals surface area contributed by atoms with Gasteiger partial charge in [0, 0.05) is 62.3 Å². The van der Waals surface area contributed by atoms with Gasteiger partial charge in [-0.25, -0.2) is 14.4 Å². The second-order valence-electron chi connectivity index (χ2n) is 9.28. The Labute approximate surface area is 193 Å². The van der Waals surface area contributed by atoms with E-state index in [2.05, 4.69) is 51.4 Å². The molecular weight excluding hydrogens is 417 g/mol. The van der Waals surface area contributed by atoms with Crippen LogP contribution in [0.15, 0.2) is 48.7 Å². The molecule has 2 aromatic carbocycles. The molecule has 1 aromatic heterocycles. The number of anilines is 3. The molecule has 6 nitrogen and oxygen atoms in total. The first-order valence-electron chi connectivity index (χ1n) is 11.7. The summed E-state index contributed by atoms with van der Waals surface area (Å²) in [6.07, 6.45) is 3.71. The van der Waals surface area contributed by atoms with Crippen LogP contribution in [0.1, 0.15) is 24.1 Å². The average Bonchev–Trinajstić information content (AvgIpc) is 3.10. The van der Waals surface area contributed by atoms with Crippen molar-refractivity contribution in [3.8, 4) is 11.1 Å². The highest BCUT2D eigenvalue weighted by Crippen LogP contribution is 2.52. The first-order chi connectivity index (χ1) is 16.1. The molecule has 0 radical (unpaired) electrons. The van der Waals surface area contributed by atoms with Gasteiger partial charge in [-0.3, -0.25) is 0 Å². The molecule has 1 aliphatic carbocycles. The van der Waals surface area contributed by atoms with E-state index in [-0.39, 0.29) is 11.2 Å². The lowest BCUT2D eigenvalue weighted by molar-refractivity contribution is 0.0632. The molecule has 0 bridgehead atoms. The maximum absolute atomic E-state index is 15.0. The highest BCUT2D eigenvalue weighted by molar-refractivity contribution is 5.79. The van der Waals surface area contributed by atoms with E-state index in [0.717, 1.165) is 63.5 Å². The largest absolute Gasteiger partial charge is 0.381 e. The first-order valence-corrected chi connectivity index (χ1v) is 11.7. The summed E-state index contributed by atoms with van der Waals surface area (Å²) in [5.74, 6) is 0.276. The van der Waals surface area contributed by atoms with Gasteiger partial charge < -0.3 is 19.9 Å². The predicted molar refractivity (Wildman–Crippen MR) is 128 cm³/mol. The Hall–Kier alpha value is -3.03. The number of ether oxygens (including phenoxy) is 1. The highest BCUT2D eigenvalue weighted by Gasteiger charge is 2.45. The van der Waals surface area contributed by atoms with Gasteiger partial charge in [0.2, 0.25) is 5.95 Å². The standard InChI is InChI=1S/C26H28FN5O/c1-31-10-12-32(13-11-31)23-7-6-18(16-22(23)27)29-25-28-17-20-19-4-2-3-5-21(19)26(24(20)30-25)8-14-33-15-9-26/h2-7,16-17H,8-15H2,1H3,(H,28,29,30).